The zero-order valence-electron chi connectivity index (χ0n) is 13.7. The zero-order valence-corrected chi connectivity index (χ0v) is 14.4. The molecule has 24 heavy (non-hydrogen) atoms. The average Bonchev–Trinajstić information content (AvgIpc) is 2.57. The number of carbonyl (C=O) groups excluding carboxylic acids is 1. The quantitative estimate of drug-likeness (QED) is 0.778. The van der Waals surface area contributed by atoms with E-state index in [1.54, 1.807) is 43.3 Å². The number of pyridine rings is 1. The van der Waals surface area contributed by atoms with E-state index in [4.69, 9.17) is 16.3 Å². The number of nitrogens with zero attached hydrogens (tertiary/aromatic N) is 3. The van der Waals surface area contributed by atoms with Crippen molar-refractivity contribution in [2.24, 2.45) is 0 Å². The second-order valence-corrected chi connectivity index (χ2v) is 5.79. The molecule has 0 fully saturated rings. The molecular weight excluding hydrogens is 328 g/mol. The summed E-state index contributed by atoms with van der Waals surface area (Å²) < 4.78 is 4.94. The molecule has 0 spiro atoms. The van der Waals surface area contributed by atoms with Crippen molar-refractivity contribution in [2.45, 2.75) is 6.42 Å². The lowest BCUT2D eigenvalue weighted by Crippen LogP contribution is -2.36. The van der Waals surface area contributed by atoms with E-state index in [1.807, 2.05) is 0 Å². The summed E-state index contributed by atoms with van der Waals surface area (Å²) in [5.41, 5.74) is 1.14. The van der Waals surface area contributed by atoms with Gasteiger partial charge in [-0.1, -0.05) is 11.6 Å². The third kappa shape index (κ3) is 4.57. The molecule has 0 aliphatic rings. The molecule has 2 aromatic rings. The van der Waals surface area contributed by atoms with Crippen LogP contribution in [-0.4, -0.2) is 44.7 Å². The van der Waals surface area contributed by atoms with Gasteiger partial charge in [0.05, 0.1) is 23.7 Å². The number of carbonyl (C=O) groups is 1. The number of amides is 1. The lowest BCUT2D eigenvalue weighted by Gasteiger charge is -2.18. The highest BCUT2D eigenvalue weighted by Gasteiger charge is 2.12. The van der Waals surface area contributed by atoms with Gasteiger partial charge >= 0.3 is 0 Å². The number of fused-ring (bicyclic) bond motifs is 1. The summed E-state index contributed by atoms with van der Waals surface area (Å²) in [5.74, 6) is 0.457. The summed E-state index contributed by atoms with van der Waals surface area (Å²) in [6.07, 6.45) is 0.763. The van der Waals surface area contributed by atoms with E-state index >= 15 is 0 Å². The molecule has 1 aromatic carbocycles. The Morgan fingerprint density at radius 3 is 2.96 bits per heavy atom. The van der Waals surface area contributed by atoms with Crippen molar-refractivity contribution in [3.05, 3.63) is 34.9 Å². The Bertz CT molecular complexity index is 773. The highest BCUT2D eigenvalue weighted by molar-refractivity contribution is 6.31. The average molecular weight is 347 g/mol. The van der Waals surface area contributed by atoms with E-state index in [-0.39, 0.29) is 12.5 Å². The number of nitrogens with one attached hydrogen (secondary N) is 1. The standard InChI is InChI=1S/C17H19ClN4O2/c1-22(11-17(23)20-6-3-7-24-2)16-8-12(10-19)14-9-13(18)4-5-15(14)21-16/h4-5,8-9H,3,6-7,11H2,1-2H3,(H,20,23). The molecule has 1 aromatic heterocycles. The molecule has 0 bridgehead atoms. The van der Waals surface area contributed by atoms with Crippen molar-refractivity contribution in [1.29, 1.82) is 5.26 Å². The maximum Gasteiger partial charge on any atom is 0.239 e. The second-order valence-electron chi connectivity index (χ2n) is 5.35. The van der Waals surface area contributed by atoms with Crippen LogP contribution >= 0.6 is 11.6 Å². The fraction of sp³-hybridized carbons (Fsp3) is 0.353. The molecule has 0 radical (unpaired) electrons. The van der Waals surface area contributed by atoms with Gasteiger partial charge in [0.1, 0.15) is 5.82 Å². The van der Waals surface area contributed by atoms with Crippen molar-refractivity contribution in [2.75, 3.05) is 38.8 Å². The molecule has 2 rings (SSSR count). The largest absolute Gasteiger partial charge is 0.385 e. The predicted molar refractivity (Wildman–Crippen MR) is 94.2 cm³/mol. The number of hydrogen-bond acceptors (Lipinski definition) is 5. The maximum absolute atomic E-state index is 11.9. The van der Waals surface area contributed by atoms with E-state index in [9.17, 15) is 10.1 Å². The lowest BCUT2D eigenvalue weighted by atomic mass is 10.1. The van der Waals surface area contributed by atoms with Crippen molar-refractivity contribution >= 4 is 34.2 Å². The lowest BCUT2D eigenvalue weighted by molar-refractivity contribution is -0.119. The van der Waals surface area contributed by atoms with Crippen LogP contribution in [0.25, 0.3) is 10.9 Å². The summed E-state index contributed by atoms with van der Waals surface area (Å²) in [5, 5.41) is 13.4. The third-order valence-electron chi connectivity index (χ3n) is 3.50. The Labute approximate surface area is 146 Å². The van der Waals surface area contributed by atoms with Crippen molar-refractivity contribution in [3.8, 4) is 6.07 Å². The molecular formula is C17H19ClN4O2. The first-order valence-electron chi connectivity index (χ1n) is 7.52. The molecule has 126 valence electrons. The number of methoxy groups -OCH3 is 1. The first-order chi connectivity index (χ1) is 11.5. The van der Waals surface area contributed by atoms with Crippen LogP contribution in [-0.2, 0) is 9.53 Å². The Balaban J connectivity index is 2.12. The Morgan fingerprint density at radius 2 is 2.25 bits per heavy atom. The topological polar surface area (TPSA) is 78.2 Å². The van der Waals surface area contributed by atoms with Gasteiger partial charge in [0, 0.05) is 37.7 Å². The number of nitriles is 1. The molecule has 0 saturated heterocycles. The monoisotopic (exact) mass is 346 g/mol. The summed E-state index contributed by atoms with van der Waals surface area (Å²) in [4.78, 5) is 18.2. The minimum Gasteiger partial charge on any atom is -0.385 e. The first-order valence-corrected chi connectivity index (χ1v) is 7.90. The summed E-state index contributed by atoms with van der Waals surface area (Å²) in [7, 11) is 3.39. The number of benzene rings is 1. The van der Waals surface area contributed by atoms with Gasteiger partial charge in [-0.15, -0.1) is 0 Å². The maximum atomic E-state index is 11.9. The number of hydrogen-bond donors (Lipinski definition) is 1. The number of halogens is 1. The summed E-state index contributed by atoms with van der Waals surface area (Å²) >= 11 is 5.98. The normalized spacial score (nSPS) is 10.4. The van der Waals surface area contributed by atoms with Gasteiger partial charge in [-0.2, -0.15) is 5.26 Å². The minimum atomic E-state index is -0.106. The van der Waals surface area contributed by atoms with Gasteiger partial charge in [0.15, 0.2) is 0 Å². The van der Waals surface area contributed by atoms with Gasteiger partial charge in [-0.05, 0) is 30.7 Å². The van der Waals surface area contributed by atoms with Gasteiger partial charge in [-0.3, -0.25) is 4.79 Å². The number of aromatic nitrogens is 1. The van der Waals surface area contributed by atoms with E-state index in [0.717, 1.165) is 6.42 Å². The van der Waals surface area contributed by atoms with Crippen LogP contribution in [0.15, 0.2) is 24.3 Å². The van der Waals surface area contributed by atoms with Crippen LogP contribution in [0.4, 0.5) is 5.82 Å². The zero-order chi connectivity index (χ0) is 17.5. The van der Waals surface area contributed by atoms with E-state index in [1.165, 1.54) is 0 Å². The molecule has 1 heterocycles. The van der Waals surface area contributed by atoms with E-state index < -0.39 is 0 Å². The molecule has 0 unspecified atom stereocenters. The highest BCUT2D eigenvalue weighted by atomic mass is 35.5. The van der Waals surface area contributed by atoms with Crippen molar-refractivity contribution in [3.63, 3.8) is 0 Å². The highest BCUT2D eigenvalue weighted by Crippen LogP contribution is 2.24. The van der Waals surface area contributed by atoms with Crippen LogP contribution in [0, 0.1) is 11.3 Å². The predicted octanol–water partition coefficient (Wildman–Crippen LogP) is 2.35. The number of anilines is 1. The number of likely N-dealkylation sites (N-methyl/N-ethyl adjacent to an activating group) is 1. The molecule has 1 amide bonds. The van der Waals surface area contributed by atoms with Gasteiger partial charge in [-0.25, -0.2) is 4.98 Å². The van der Waals surface area contributed by atoms with E-state index in [0.29, 0.717) is 40.5 Å². The summed E-state index contributed by atoms with van der Waals surface area (Å²) in [6, 6.07) is 9.03. The minimum absolute atomic E-state index is 0.106. The molecule has 7 heteroatoms. The fourth-order valence-electron chi connectivity index (χ4n) is 2.27. The number of ether oxygens (including phenoxy) is 1. The second kappa shape index (κ2) is 8.48. The van der Waals surface area contributed by atoms with Crippen molar-refractivity contribution in [1.82, 2.24) is 10.3 Å². The van der Waals surface area contributed by atoms with Gasteiger partial charge in [0.25, 0.3) is 0 Å². The molecule has 0 atom stereocenters. The Hall–Kier alpha value is -2.36. The molecule has 0 aliphatic carbocycles. The SMILES string of the molecule is COCCCNC(=O)CN(C)c1cc(C#N)c2cc(Cl)ccc2n1. The van der Waals surface area contributed by atoms with E-state index in [2.05, 4.69) is 16.4 Å². The van der Waals surface area contributed by atoms with Crippen LogP contribution in [0.1, 0.15) is 12.0 Å². The summed E-state index contributed by atoms with van der Waals surface area (Å²) in [6.45, 7) is 1.33. The first kappa shape index (κ1) is 18.0. The smallest absolute Gasteiger partial charge is 0.239 e. The Morgan fingerprint density at radius 1 is 1.46 bits per heavy atom. The number of rotatable bonds is 7. The third-order valence-corrected chi connectivity index (χ3v) is 3.73. The van der Waals surface area contributed by atoms with Crippen LogP contribution < -0.4 is 10.2 Å². The molecule has 0 aliphatic heterocycles. The molecule has 1 N–H and O–H groups in total. The molecule has 0 saturated carbocycles. The fourth-order valence-corrected chi connectivity index (χ4v) is 2.44. The van der Waals surface area contributed by atoms with Crippen LogP contribution in [0.5, 0.6) is 0 Å². The van der Waals surface area contributed by atoms with Crippen LogP contribution in [0.3, 0.4) is 0 Å². The Kier molecular flexibility index (Phi) is 6.36. The van der Waals surface area contributed by atoms with Gasteiger partial charge < -0.3 is 15.0 Å². The van der Waals surface area contributed by atoms with Crippen LogP contribution in [0.2, 0.25) is 5.02 Å². The van der Waals surface area contributed by atoms with Gasteiger partial charge in [0.2, 0.25) is 5.91 Å². The molecule has 6 nitrogen and oxygen atoms in total. The van der Waals surface area contributed by atoms with Crippen molar-refractivity contribution < 1.29 is 9.53 Å².